The molecule has 1 saturated carbocycles. The van der Waals surface area contributed by atoms with Gasteiger partial charge in [0.05, 0.1) is 0 Å². The molecule has 1 aliphatic carbocycles. The van der Waals surface area contributed by atoms with Crippen LogP contribution in [-0.4, -0.2) is 36.6 Å². The maximum atomic E-state index is 3.82. The van der Waals surface area contributed by atoms with Crippen LogP contribution in [0, 0.1) is 5.92 Å². The van der Waals surface area contributed by atoms with Gasteiger partial charge in [0.1, 0.15) is 0 Å². The Hall–Kier alpha value is -0.860. The third-order valence-electron chi connectivity index (χ3n) is 4.87. The molecule has 2 nitrogen and oxygen atoms in total. The number of hydrogen-bond donors (Lipinski definition) is 1. The number of unbranched alkanes of at least 4 members (excludes halogenated alkanes) is 1. The van der Waals surface area contributed by atoms with Crippen molar-refractivity contribution >= 4 is 0 Å². The van der Waals surface area contributed by atoms with Gasteiger partial charge in [0.15, 0.2) is 0 Å². The van der Waals surface area contributed by atoms with Gasteiger partial charge in [0.25, 0.3) is 0 Å². The first kappa shape index (κ1) is 14.1. The first-order chi connectivity index (χ1) is 9.86. The van der Waals surface area contributed by atoms with Crippen molar-refractivity contribution in [2.75, 3.05) is 19.6 Å². The molecule has 2 atom stereocenters. The summed E-state index contributed by atoms with van der Waals surface area (Å²) in [5.41, 5.74) is 1.48. The molecule has 20 heavy (non-hydrogen) atoms. The number of piperazine rings is 1. The van der Waals surface area contributed by atoms with Crippen LogP contribution in [0.3, 0.4) is 0 Å². The van der Waals surface area contributed by atoms with Crippen LogP contribution in [-0.2, 0) is 6.42 Å². The molecule has 3 rings (SSSR count). The van der Waals surface area contributed by atoms with Crippen LogP contribution in [0.25, 0.3) is 0 Å². The number of rotatable bonds is 6. The van der Waals surface area contributed by atoms with Crippen LogP contribution in [0.1, 0.15) is 38.2 Å². The van der Waals surface area contributed by atoms with E-state index in [1.165, 1.54) is 57.3 Å². The predicted octanol–water partition coefficient (Wildman–Crippen LogP) is 3.08. The maximum Gasteiger partial charge on any atom is 0.0261 e. The molecule has 2 unspecified atom stereocenters. The molecular formula is C18H28N2. The van der Waals surface area contributed by atoms with Gasteiger partial charge < -0.3 is 5.32 Å². The highest BCUT2D eigenvalue weighted by molar-refractivity contribution is 5.16. The lowest BCUT2D eigenvalue weighted by molar-refractivity contribution is 0.120. The summed E-state index contributed by atoms with van der Waals surface area (Å²) in [4.78, 5) is 2.76. The van der Waals surface area contributed by atoms with Gasteiger partial charge in [0, 0.05) is 25.2 Å². The Morgan fingerprint density at radius 3 is 2.70 bits per heavy atom. The van der Waals surface area contributed by atoms with Crippen molar-refractivity contribution in [3.05, 3.63) is 35.9 Å². The highest BCUT2D eigenvalue weighted by atomic mass is 15.2. The Labute approximate surface area is 123 Å². The monoisotopic (exact) mass is 272 g/mol. The Morgan fingerprint density at radius 2 is 2.00 bits per heavy atom. The largest absolute Gasteiger partial charge is 0.311 e. The minimum Gasteiger partial charge on any atom is -0.311 e. The second-order valence-electron chi connectivity index (χ2n) is 6.54. The van der Waals surface area contributed by atoms with Crippen LogP contribution >= 0.6 is 0 Å². The van der Waals surface area contributed by atoms with Crippen molar-refractivity contribution in [3.63, 3.8) is 0 Å². The molecule has 0 spiro atoms. The van der Waals surface area contributed by atoms with E-state index in [9.17, 15) is 0 Å². The minimum atomic E-state index is 0.680. The standard InChI is InChI=1S/C18H28N2/c1-2-3-11-20-14-18(16-9-10-16)19-13-17(20)12-15-7-5-4-6-8-15/h4-8,16-19H,2-3,9-14H2,1H3. The molecular weight excluding hydrogens is 244 g/mol. The Balaban J connectivity index is 1.61. The fourth-order valence-corrected chi connectivity index (χ4v) is 3.42. The van der Waals surface area contributed by atoms with E-state index in [2.05, 4.69) is 47.5 Å². The highest BCUT2D eigenvalue weighted by Crippen LogP contribution is 2.34. The summed E-state index contributed by atoms with van der Waals surface area (Å²) in [5, 5.41) is 3.82. The average molecular weight is 272 g/mol. The van der Waals surface area contributed by atoms with E-state index >= 15 is 0 Å². The van der Waals surface area contributed by atoms with Gasteiger partial charge in [-0.25, -0.2) is 0 Å². The fraction of sp³-hybridized carbons (Fsp3) is 0.667. The zero-order chi connectivity index (χ0) is 13.8. The van der Waals surface area contributed by atoms with Crippen LogP contribution < -0.4 is 5.32 Å². The zero-order valence-electron chi connectivity index (χ0n) is 12.7. The second kappa shape index (κ2) is 6.73. The van der Waals surface area contributed by atoms with E-state index in [4.69, 9.17) is 0 Å². The molecule has 1 aromatic carbocycles. The van der Waals surface area contributed by atoms with Crippen molar-refractivity contribution in [1.29, 1.82) is 0 Å². The van der Waals surface area contributed by atoms with Gasteiger partial charge in [-0.15, -0.1) is 0 Å². The number of nitrogens with one attached hydrogen (secondary N) is 1. The topological polar surface area (TPSA) is 15.3 Å². The van der Waals surface area contributed by atoms with E-state index < -0.39 is 0 Å². The SMILES string of the molecule is CCCCN1CC(C2CC2)NCC1Cc1ccccc1. The molecule has 1 N–H and O–H groups in total. The molecule has 2 aliphatic rings. The maximum absolute atomic E-state index is 3.82. The first-order valence-corrected chi connectivity index (χ1v) is 8.38. The average Bonchev–Trinajstić information content (AvgIpc) is 3.32. The molecule has 110 valence electrons. The van der Waals surface area contributed by atoms with E-state index in [1.807, 2.05) is 0 Å². The van der Waals surface area contributed by atoms with Crippen molar-refractivity contribution in [2.24, 2.45) is 5.92 Å². The highest BCUT2D eigenvalue weighted by Gasteiger charge is 2.36. The summed E-state index contributed by atoms with van der Waals surface area (Å²) < 4.78 is 0. The first-order valence-electron chi connectivity index (χ1n) is 8.38. The number of benzene rings is 1. The summed E-state index contributed by atoms with van der Waals surface area (Å²) >= 11 is 0. The minimum absolute atomic E-state index is 0.680. The van der Waals surface area contributed by atoms with E-state index in [0.29, 0.717) is 6.04 Å². The quantitative estimate of drug-likeness (QED) is 0.856. The Kier molecular flexibility index (Phi) is 4.74. The van der Waals surface area contributed by atoms with E-state index in [0.717, 1.165) is 12.0 Å². The van der Waals surface area contributed by atoms with Gasteiger partial charge in [-0.3, -0.25) is 4.90 Å². The lowest BCUT2D eigenvalue weighted by Crippen LogP contribution is -2.58. The molecule has 0 radical (unpaired) electrons. The van der Waals surface area contributed by atoms with Crippen molar-refractivity contribution in [3.8, 4) is 0 Å². The molecule has 1 aromatic rings. The summed E-state index contributed by atoms with van der Waals surface area (Å²) in [5.74, 6) is 0.969. The number of hydrogen-bond acceptors (Lipinski definition) is 2. The summed E-state index contributed by atoms with van der Waals surface area (Å²) in [6.07, 6.45) is 6.72. The van der Waals surface area contributed by atoms with Gasteiger partial charge in [0.2, 0.25) is 0 Å². The summed E-state index contributed by atoms with van der Waals surface area (Å²) in [6, 6.07) is 12.4. The van der Waals surface area contributed by atoms with Gasteiger partial charge in [-0.1, -0.05) is 43.7 Å². The molecule has 1 saturated heterocycles. The molecule has 0 amide bonds. The van der Waals surface area contributed by atoms with Crippen molar-refractivity contribution in [2.45, 2.75) is 51.1 Å². The predicted molar refractivity (Wildman–Crippen MR) is 84.9 cm³/mol. The third kappa shape index (κ3) is 3.62. The summed E-state index contributed by atoms with van der Waals surface area (Å²) in [7, 11) is 0. The zero-order valence-corrected chi connectivity index (χ0v) is 12.7. The summed E-state index contributed by atoms with van der Waals surface area (Å²) in [6.45, 7) is 6.01. The molecule has 0 aromatic heterocycles. The Morgan fingerprint density at radius 1 is 1.20 bits per heavy atom. The van der Waals surface area contributed by atoms with Crippen molar-refractivity contribution < 1.29 is 0 Å². The normalized spacial score (nSPS) is 27.6. The van der Waals surface area contributed by atoms with Gasteiger partial charge >= 0.3 is 0 Å². The van der Waals surface area contributed by atoms with Gasteiger partial charge in [-0.05, 0) is 43.7 Å². The smallest absolute Gasteiger partial charge is 0.0261 e. The third-order valence-corrected chi connectivity index (χ3v) is 4.87. The lowest BCUT2D eigenvalue weighted by Gasteiger charge is -2.41. The fourth-order valence-electron chi connectivity index (χ4n) is 3.42. The molecule has 0 bridgehead atoms. The second-order valence-corrected chi connectivity index (χ2v) is 6.54. The molecule has 1 aliphatic heterocycles. The molecule has 1 heterocycles. The Bertz CT molecular complexity index is 399. The van der Waals surface area contributed by atoms with Crippen LogP contribution in [0.15, 0.2) is 30.3 Å². The van der Waals surface area contributed by atoms with E-state index in [1.54, 1.807) is 0 Å². The van der Waals surface area contributed by atoms with Gasteiger partial charge in [-0.2, -0.15) is 0 Å². The van der Waals surface area contributed by atoms with E-state index in [-0.39, 0.29) is 0 Å². The molecule has 2 heteroatoms. The van der Waals surface area contributed by atoms with Crippen LogP contribution in [0.2, 0.25) is 0 Å². The van der Waals surface area contributed by atoms with Crippen LogP contribution in [0.5, 0.6) is 0 Å². The molecule has 2 fully saturated rings. The van der Waals surface area contributed by atoms with Crippen molar-refractivity contribution in [1.82, 2.24) is 10.2 Å². The number of nitrogens with zero attached hydrogens (tertiary/aromatic N) is 1. The lowest BCUT2D eigenvalue weighted by atomic mass is 9.99. The van der Waals surface area contributed by atoms with Crippen LogP contribution in [0.4, 0.5) is 0 Å².